The van der Waals surface area contributed by atoms with E-state index in [2.05, 4.69) is 56.8 Å². The molecular formula is C52H82N20O8. The number of carbonyl (C=O) groups is 7. The van der Waals surface area contributed by atoms with Gasteiger partial charge in [-0.1, -0.05) is 36.4 Å². The average molecular weight is 1120 g/mol. The van der Waals surface area contributed by atoms with Gasteiger partial charge in [0.1, 0.15) is 36.3 Å². The number of fused-ring (bicyclic) bond motifs is 2. The van der Waals surface area contributed by atoms with Gasteiger partial charge < -0.3 is 98.6 Å². The summed E-state index contributed by atoms with van der Waals surface area (Å²) in [7, 11) is 0. The Hall–Kier alpha value is -8.50. The van der Waals surface area contributed by atoms with Crippen LogP contribution in [0.25, 0.3) is 21.8 Å². The molecule has 0 unspecified atom stereocenters. The maximum atomic E-state index is 14.9. The number of carboxylic acid groups (broad SMARTS) is 1. The number of hydrogen-bond donors (Lipinski definition) is 18. The fourth-order valence-electron chi connectivity index (χ4n) is 8.81. The molecule has 80 heavy (non-hydrogen) atoms. The van der Waals surface area contributed by atoms with E-state index in [1.165, 1.54) is 0 Å². The number of amides is 6. The van der Waals surface area contributed by atoms with Crippen LogP contribution in [0.2, 0.25) is 0 Å². The minimum absolute atomic E-state index is 0.0145. The van der Waals surface area contributed by atoms with Crippen LogP contribution in [0.4, 0.5) is 0 Å². The molecule has 0 radical (unpaired) electrons. The number of aliphatic imine (C=N–C) groups is 3. The number of nitrogens with two attached hydrogens (primary N) is 9. The highest BCUT2D eigenvalue weighted by molar-refractivity contribution is 5.98. The van der Waals surface area contributed by atoms with E-state index < -0.39 is 83.7 Å². The third-order valence-electron chi connectivity index (χ3n) is 13.1. The molecule has 2 aromatic heterocycles. The molecule has 0 aliphatic heterocycles. The van der Waals surface area contributed by atoms with E-state index in [1.54, 1.807) is 12.4 Å². The second-order valence-electron chi connectivity index (χ2n) is 19.4. The lowest BCUT2D eigenvalue weighted by atomic mass is 10.00. The number of guanidine groups is 3. The smallest absolute Gasteiger partial charge is 0.326 e. The number of carbonyl (C=O) groups excluding carboxylic acids is 6. The van der Waals surface area contributed by atoms with Crippen molar-refractivity contribution in [2.24, 2.45) is 66.6 Å². The number of aromatic nitrogens is 2. The van der Waals surface area contributed by atoms with Gasteiger partial charge in [0, 0.05) is 66.7 Å². The molecule has 28 nitrogen and oxygen atoms in total. The largest absolute Gasteiger partial charge is 0.480 e. The van der Waals surface area contributed by atoms with Crippen LogP contribution in [0.5, 0.6) is 0 Å². The fraction of sp³-hybridized carbons (Fsp3) is 0.500. The lowest BCUT2D eigenvalue weighted by Gasteiger charge is -2.28. The van der Waals surface area contributed by atoms with Crippen LogP contribution in [0.15, 0.2) is 75.9 Å². The first-order chi connectivity index (χ1) is 38.3. The number of carboxylic acids is 1. The molecule has 0 aliphatic rings. The van der Waals surface area contributed by atoms with Crippen molar-refractivity contribution in [1.29, 1.82) is 0 Å². The first-order valence-electron chi connectivity index (χ1n) is 26.8. The molecule has 27 N–H and O–H groups in total. The number of benzene rings is 2. The van der Waals surface area contributed by atoms with Crippen LogP contribution in [0, 0.1) is 0 Å². The quantitative estimate of drug-likeness (QED) is 0.0123. The maximum Gasteiger partial charge on any atom is 0.326 e. The SMILES string of the molecule is NCCCC[C@H](NC(=O)[C@H](Cc1c[nH]c2ccccc12)NC(=O)[C@H](Cc1c[nH]c2ccccc12)NC(=O)[C@H](CCCCN)NC(=O)[C@H](CCCN=C(N)N)NC(=O)[C@H](CCCN=C(N)N)NC(=O)[C@@H](N)CCCN=C(N)N)C(=O)O. The second-order valence-corrected chi connectivity index (χ2v) is 19.4. The summed E-state index contributed by atoms with van der Waals surface area (Å²) in [6.45, 7) is 0.955. The highest BCUT2D eigenvalue weighted by Gasteiger charge is 2.34. The zero-order valence-corrected chi connectivity index (χ0v) is 45.1. The molecule has 4 aromatic rings. The van der Waals surface area contributed by atoms with Crippen LogP contribution in [0.1, 0.15) is 88.2 Å². The molecule has 2 heterocycles. The van der Waals surface area contributed by atoms with Crippen molar-refractivity contribution in [3.8, 4) is 0 Å². The van der Waals surface area contributed by atoms with Crippen molar-refractivity contribution < 1.29 is 38.7 Å². The number of para-hydroxylation sites is 2. The number of unbranched alkanes of at least 4 members (excludes halogenated alkanes) is 2. The Labute approximate surface area is 463 Å². The van der Waals surface area contributed by atoms with Crippen LogP contribution in [-0.4, -0.2) is 149 Å². The average Bonchev–Trinajstić information content (AvgIpc) is 4.04. The van der Waals surface area contributed by atoms with Gasteiger partial charge in [-0.05, 0) is 113 Å². The lowest BCUT2D eigenvalue weighted by molar-refractivity contribution is -0.142. The minimum atomic E-state index is -1.40. The van der Waals surface area contributed by atoms with E-state index in [1.807, 2.05) is 48.5 Å². The third-order valence-corrected chi connectivity index (χ3v) is 13.1. The Balaban J connectivity index is 1.69. The number of H-pyrrole nitrogens is 2. The summed E-state index contributed by atoms with van der Waals surface area (Å²) in [5, 5.41) is 28.1. The third kappa shape index (κ3) is 21.7. The van der Waals surface area contributed by atoms with E-state index in [0.29, 0.717) is 49.8 Å². The molecule has 0 spiro atoms. The number of rotatable bonds is 37. The van der Waals surface area contributed by atoms with Crippen LogP contribution >= 0.6 is 0 Å². The minimum Gasteiger partial charge on any atom is -0.480 e. The Kier molecular flexibility index (Phi) is 27.0. The molecule has 28 heteroatoms. The zero-order chi connectivity index (χ0) is 58.6. The topological polar surface area (TPSA) is 515 Å². The van der Waals surface area contributed by atoms with Gasteiger partial charge in [-0.25, -0.2) is 4.79 Å². The van der Waals surface area contributed by atoms with Gasteiger partial charge in [-0.3, -0.25) is 43.7 Å². The van der Waals surface area contributed by atoms with Gasteiger partial charge in [0.15, 0.2) is 17.9 Å². The summed E-state index contributed by atoms with van der Waals surface area (Å²) < 4.78 is 0. The standard InChI is InChI=1S/C52H82N20O8/c53-21-7-5-17-37(68-45(75)39(20-11-25-64-52(60)61)69-44(74)38(19-10-24-63-51(58)59)67-43(73)34(55)14-9-23-62-50(56)57)46(76)71-42(27-31-29-66-36-16-4-2-13-33(31)36)48(78)72-41(26-30-28-65-35-15-3-1-12-32(30)35)47(77)70-40(49(79)80)18-6-8-22-54/h1-4,12-13,15-16,28-29,34,37-42,65-66H,5-11,14,17-27,53-55H2,(H,67,73)(H,68,75)(H,69,74)(H,70,77)(H,71,76)(H,72,78)(H,79,80)(H4,56,57,62)(H4,58,59,63)(H4,60,61,64)/t34-,37-,38-,39-,40-,41-,42-/m0/s1. The Morgan fingerprint density at radius 3 is 1.15 bits per heavy atom. The number of nitrogens with zero attached hydrogens (tertiary/aromatic N) is 3. The molecule has 0 saturated heterocycles. The fourth-order valence-corrected chi connectivity index (χ4v) is 8.81. The lowest BCUT2D eigenvalue weighted by Crippen LogP contribution is -2.60. The summed E-state index contributed by atoms with van der Waals surface area (Å²) in [4.78, 5) is 117. The van der Waals surface area contributed by atoms with Gasteiger partial charge in [-0.2, -0.15) is 0 Å². The van der Waals surface area contributed by atoms with E-state index >= 15 is 0 Å². The highest BCUT2D eigenvalue weighted by Crippen LogP contribution is 2.22. The van der Waals surface area contributed by atoms with E-state index in [-0.39, 0.29) is 102 Å². The Morgan fingerprint density at radius 2 is 0.762 bits per heavy atom. The van der Waals surface area contributed by atoms with Crippen LogP contribution in [-0.2, 0) is 46.4 Å². The van der Waals surface area contributed by atoms with E-state index in [0.717, 1.165) is 21.8 Å². The summed E-state index contributed by atoms with van der Waals surface area (Å²) in [6, 6.07) is 5.64. The molecule has 2 aromatic carbocycles. The monoisotopic (exact) mass is 1110 g/mol. The van der Waals surface area contributed by atoms with Crippen molar-refractivity contribution in [1.82, 2.24) is 41.9 Å². The Bertz CT molecular complexity index is 2750. The van der Waals surface area contributed by atoms with Gasteiger partial charge in [0.2, 0.25) is 35.4 Å². The van der Waals surface area contributed by atoms with Crippen molar-refractivity contribution in [3.05, 3.63) is 72.1 Å². The number of hydrogen-bond acceptors (Lipinski definition) is 13. The molecule has 0 bridgehead atoms. The van der Waals surface area contributed by atoms with Gasteiger partial charge in [-0.15, -0.1) is 0 Å². The van der Waals surface area contributed by atoms with Crippen LogP contribution < -0.4 is 83.5 Å². The molecule has 438 valence electrons. The maximum absolute atomic E-state index is 14.9. The number of aliphatic carboxylic acids is 1. The highest BCUT2D eigenvalue weighted by atomic mass is 16.4. The molecule has 0 aliphatic carbocycles. The van der Waals surface area contributed by atoms with E-state index in [4.69, 9.17) is 51.6 Å². The first-order valence-corrected chi connectivity index (χ1v) is 26.8. The normalized spacial score (nSPS) is 13.7. The number of nitrogens with one attached hydrogen (secondary N) is 8. The predicted molar refractivity (Wildman–Crippen MR) is 307 cm³/mol. The first kappa shape index (κ1) is 64.0. The van der Waals surface area contributed by atoms with Crippen molar-refractivity contribution in [2.45, 2.75) is 132 Å². The van der Waals surface area contributed by atoms with Crippen LogP contribution in [0.3, 0.4) is 0 Å². The summed E-state index contributed by atoms with van der Waals surface area (Å²) >= 11 is 0. The predicted octanol–water partition coefficient (Wildman–Crippen LogP) is -2.83. The molecule has 6 amide bonds. The van der Waals surface area contributed by atoms with Gasteiger partial charge >= 0.3 is 5.97 Å². The van der Waals surface area contributed by atoms with Gasteiger partial charge in [0.05, 0.1) is 6.04 Å². The second kappa shape index (κ2) is 33.7. The van der Waals surface area contributed by atoms with Crippen molar-refractivity contribution in [2.75, 3.05) is 32.7 Å². The molecule has 4 rings (SSSR count). The van der Waals surface area contributed by atoms with Gasteiger partial charge in [0.25, 0.3) is 0 Å². The summed E-state index contributed by atoms with van der Waals surface area (Å²) in [5.41, 5.74) is 53.5. The van der Waals surface area contributed by atoms with Crippen molar-refractivity contribution >= 4 is 81.1 Å². The van der Waals surface area contributed by atoms with E-state index in [9.17, 15) is 38.7 Å². The van der Waals surface area contributed by atoms with Crippen molar-refractivity contribution in [3.63, 3.8) is 0 Å². The summed E-state index contributed by atoms with van der Waals surface area (Å²) in [6.07, 6.45) is 5.94. The molecule has 7 atom stereocenters. The molecular weight excluding hydrogens is 1030 g/mol. The summed E-state index contributed by atoms with van der Waals surface area (Å²) in [5.74, 6) is -6.38. The molecule has 0 saturated carbocycles. The number of aromatic amines is 2. The zero-order valence-electron chi connectivity index (χ0n) is 45.1. The molecule has 0 fully saturated rings. The Morgan fingerprint density at radius 1 is 0.438 bits per heavy atom.